The summed E-state index contributed by atoms with van der Waals surface area (Å²) in [6.07, 6.45) is 0.358. The summed E-state index contributed by atoms with van der Waals surface area (Å²) in [5, 5.41) is 2.98. The molecule has 41 heavy (non-hydrogen) atoms. The van der Waals surface area contributed by atoms with E-state index in [2.05, 4.69) is 5.32 Å². The zero-order valence-corrected chi connectivity index (χ0v) is 25.6. The smallest absolute Gasteiger partial charge is 0.264 e. The van der Waals surface area contributed by atoms with Crippen molar-refractivity contribution in [3.8, 4) is 5.75 Å². The molecule has 1 atom stereocenters. The molecule has 1 N–H and O–H groups in total. The van der Waals surface area contributed by atoms with Crippen LogP contribution in [0.5, 0.6) is 5.75 Å². The Morgan fingerprint density at radius 3 is 2.05 bits per heavy atom. The average Bonchev–Trinajstić information content (AvgIpc) is 2.92. The fraction of sp³-hybridized carbons (Fsp3) is 0.375. The molecule has 220 valence electrons. The van der Waals surface area contributed by atoms with Gasteiger partial charge >= 0.3 is 0 Å². The second-order valence-electron chi connectivity index (χ2n) is 10.9. The number of carbonyl (C=O) groups excluding carboxylic acids is 2. The van der Waals surface area contributed by atoms with Crippen LogP contribution in [0.1, 0.15) is 52.2 Å². The molecule has 0 spiro atoms. The van der Waals surface area contributed by atoms with Gasteiger partial charge < -0.3 is 15.0 Å². The van der Waals surface area contributed by atoms with E-state index in [-0.39, 0.29) is 17.3 Å². The van der Waals surface area contributed by atoms with Crippen molar-refractivity contribution in [3.05, 3.63) is 90.0 Å². The molecule has 2 amide bonds. The summed E-state index contributed by atoms with van der Waals surface area (Å²) in [6, 6.07) is 21.7. The fourth-order valence-corrected chi connectivity index (χ4v) is 5.81. The Morgan fingerprint density at radius 2 is 1.51 bits per heavy atom. The molecular formula is C32H41N3O5S. The summed E-state index contributed by atoms with van der Waals surface area (Å²) in [6.45, 7) is 11.4. The second kappa shape index (κ2) is 13.7. The zero-order chi connectivity index (χ0) is 30.2. The van der Waals surface area contributed by atoms with Crippen LogP contribution >= 0.6 is 0 Å². The van der Waals surface area contributed by atoms with Crippen LogP contribution in [0.2, 0.25) is 0 Å². The van der Waals surface area contributed by atoms with Crippen LogP contribution in [-0.2, 0) is 26.2 Å². The predicted molar refractivity (Wildman–Crippen MR) is 162 cm³/mol. The van der Waals surface area contributed by atoms with E-state index < -0.39 is 34.1 Å². The van der Waals surface area contributed by atoms with Crippen molar-refractivity contribution in [2.75, 3.05) is 17.5 Å². The normalized spacial score (nSPS) is 12.3. The molecule has 0 bridgehead atoms. The number of nitrogens with zero attached hydrogens (tertiary/aromatic N) is 2. The number of benzene rings is 3. The number of anilines is 1. The van der Waals surface area contributed by atoms with Gasteiger partial charge in [-0.25, -0.2) is 8.42 Å². The topological polar surface area (TPSA) is 96.0 Å². The molecule has 0 aliphatic rings. The lowest BCUT2D eigenvalue weighted by Gasteiger charge is -2.34. The van der Waals surface area contributed by atoms with Gasteiger partial charge in [0.2, 0.25) is 11.8 Å². The molecule has 0 saturated carbocycles. The molecule has 3 aromatic rings. The van der Waals surface area contributed by atoms with Gasteiger partial charge in [-0.2, -0.15) is 0 Å². The number of hydrogen-bond donors (Lipinski definition) is 1. The lowest BCUT2D eigenvalue weighted by Crippen LogP contribution is -2.55. The number of rotatable bonds is 12. The highest BCUT2D eigenvalue weighted by Crippen LogP contribution is 2.26. The summed E-state index contributed by atoms with van der Waals surface area (Å²) in [5.41, 5.74) is 1.63. The number of carbonyl (C=O) groups is 2. The minimum Gasteiger partial charge on any atom is -0.494 e. The molecule has 0 aromatic heterocycles. The largest absolute Gasteiger partial charge is 0.494 e. The van der Waals surface area contributed by atoms with Gasteiger partial charge in [0.25, 0.3) is 10.0 Å². The first-order valence-corrected chi connectivity index (χ1v) is 15.3. The van der Waals surface area contributed by atoms with Crippen molar-refractivity contribution < 1.29 is 22.7 Å². The molecule has 3 rings (SSSR count). The number of ether oxygens (including phenoxy) is 1. The lowest BCUT2D eigenvalue weighted by atomic mass is 10.1. The van der Waals surface area contributed by atoms with Crippen molar-refractivity contribution in [1.82, 2.24) is 10.2 Å². The third kappa shape index (κ3) is 8.57. The van der Waals surface area contributed by atoms with E-state index in [1.54, 1.807) is 36.4 Å². The lowest BCUT2D eigenvalue weighted by molar-refractivity contribution is -0.141. The zero-order valence-electron chi connectivity index (χ0n) is 24.8. The number of amides is 2. The van der Waals surface area contributed by atoms with Gasteiger partial charge in [0.15, 0.2) is 0 Å². The minimum absolute atomic E-state index is 0.0291. The molecule has 0 heterocycles. The highest BCUT2D eigenvalue weighted by atomic mass is 32.2. The Kier molecular flexibility index (Phi) is 10.6. The van der Waals surface area contributed by atoms with Gasteiger partial charge in [-0.05, 0) is 83.0 Å². The molecule has 0 saturated heterocycles. The van der Waals surface area contributed by atoms with Crippen molar-refractivity contribution in [1.29, 1.82) is 0 Å². The van der Waals surface area contributed by atoms with Gasteiger partial charge in [0, 0.05) is 12.1 Å². The van der Waals surface area contributed by atoms with E-state index in [9.17, 15) is 18.0 Å². The first kappa shape index (κ1) is 31.7. The molecule has 3 aromatic carbocycles. The first-order chi connectivity index (χ1) is 19.4. The molecule has 0 fully saturated rings. The van der Waals surface area contributed by atoms with Gasteiger partial charge in [0.05, 0.1) is 17.2 Å². The monoisotopic (exact) mass is 579 g/mol. The van der Waals surface area contributed by atoms with Gasteiger partial charge in [-0.3, -0.25) is 13.9 Å². The Labute approximate surface area is 244 Å². The second-order valence-corrected chi connectivity index (χ2v) is 12.8. The Morgan fingerprint density at radius 1 is 0.902 bits per heavy atom. The Hall–Kier alpha value is -3.85. The molecule has 0 radical (unpaired) electrons. The highest BCUT2D eigenvalue weighted by molar-refractivity contribution is 7.92. The van der Waals surface area contributed by atoms with Gasteiger partial charge in [-0.15, -0.1) is 0 Å². The van der Waals surface area contributed by atoms with Crippen molar-refractivity contribution >= 4 is 27.5 Å². The third-order valence-electron chi connectivity index (χ3n) is 6.40. The summed E-state index contributed by atoms with van der Waals surface area (Å²) in [4.78, 5) is 29.0. The Bertz CT molecular complexity index is 1400. The van der Waals surface area contributed by atoms with Crippen LogP contribution < -0.4 is 14.4 Å². The average molecular weight is 580 g/mol. The summed E-state index contributed by atoms with van der Waals surface area (Å²) >= 11 is 0. The van der Waals surface area contributed by atoms with E-state index in [0.29, 0.717) is 24.5 Å². The molecule has 0 unspecified atom stereocenters. The van der Waals surface area contributed by atoms with Crippen molar-refractivity contribution in [3.63, 3.8) is 0 Å². The van der Waals surface area contributed by atoms with Gasteiger partial charge in [0.1, 0.15) is 18.3 Å². The van der Waals surface area contributed by atoms with E-state index in [1.165, 1.54) is 17.0 Å². The number of hydrogen-bond acceptors (Lipinski definition) is 5. The quantitative estimate of drug-likeness (QED) is 0.314. The standard InChI is InChI=1S/C32H41N3O5S/c1-7-29(31(37)33-32(4,5)6)34(22-25-12-10-9-11-13-25)30(36)23-35(26-16-14-24(3)15-17-26)41(38,39)28-20-18-27(19-21-28)40-8-2/h9-21,29H,7-8,22-23H2,1-6H3,(H,33,37)/t29-/m1/s1. The number of sulfonamides is 1. The first-order valence-electron chi connectivity index (χ1n) is 13.8. The SMILES string of the molecule is CCOc1ccc(S(=O)(=O)N(CC(=O)N(Cc2ccccc2)[C@H](CC)C(=O)NC(C)(C)C)c2ccc(C)cc2)cc1. The van der Waals surface area contributed by atoms with E-state index in [1.807, 2.05) is 71.9 Å². The van der Waals surface area contributed by atoms with E-state index in [4.69, 9.17) is 4.74 Å². The van der Waals surface area contributed by atoms with E-state index in [0.717, 1.165) is 15.4 Å². The van der Waals surface area contributed by atoms with E-state index >= 15 is 0 Å². The maximum Gasteiger partial charge on any atom is 0.264 e. The predicted octanol–water partition coefficient (Wildman–Crippen LogP) is 5.31. The van der Waals surface area contributed by atoms with Crippen molar-refractivity contribution in [2.45, 2.75) is 71.0 Å². The molecule has 9 heteroatoms. The molecular weight excluding hydrogens is 538 g/mol. The van der Waals surface area contributed by atoms with Crippen LogP contribution in [0.3, 0.4) is 0 Å². The number of nitrogens with one attached hydrogen (secondary N) is 1. The fourth-order valence-electron chi connectivity index (χ4n) is 4.39. The molecule has 8 nitrogen and oxygen atoms in total. The Balaban J connectivity index is 2.04. The van der Waals surface area contributed by atoms with Crippen LogP contribution in [0.4, 0.5) is 5.69 Å². The third-order valence-corrected chi connectivity index (χ3v) is 8.19. The highest BCUT2D eigenvalue weighted by Gasteiger charge is 2.34. The van der Waals surface area contributed by atoms with Crippen LogP contribution in [0, 0.1) is 6.92 Å². The van der Waals surface area contributed by atoms with Crippen LogP contribution in [-0.4, -0.2) is 49.9 Å². The minimum atomic E-state index is -4.15. The van der Waals surface area contributed by atoms with Crippen LogP contribution in [0.25, 0.3) is 0 Å². The number of aryl methyl sites for hydroxylation is 1. The summed E-state index contributed by atoms with van der Waals surface area (Å²) in [7, 11) is -4.15. The van der Waals surface area contributed by atoms with Gasteiger partial charge in [-0.1, -0.05) is 55.0 Å². The maximum absolute atomic E-state index is 14.1. The van der Waals surface area contributed by atoms with Crippen LogP contribution in [0.15, 0.2) is 83.8 Å². The molecule has 0 aliphatic carbocycles. The maximum atomic E-state index is 14.1. The van der Waals surface area contributed by atoms with Crippen molar-refractivity contribution in [2.24, 2.45) is 0 Å². The molecule has 0 aliphatic heterocycles. The summed E-state index contributed by atoms with van der Waals surface area (Å²) in [5.74, 6) is -0.227. The summed E-state index contributed by atoms with van der Waals surface area (Å²) < 4.78 is 34.6.